The first-order valence-corrected chi connectivity index (χ1v) is 11.9. The van der Waals surface area contributed by atoms with Crippen LogP contribution in [0, 0.1) is 19.8 Å². The summed E-state index contributed by atoms with van der Waals surface area (Å²) in [6.07, 6.45) is -1.03. The third-order valence-electron chi connectivity index (χ3n) is 6.30. The molecule has 7 nitrogen and oxygen atoms in total. The predicted octanol–water partition coefficient (Wildman–Crippen LogP) is 4.86. The van der Waals surface area contributed by atoms with Crippen molar-refractivity contribution in [1.82, 2.24) is 0 Å². The molecule has 0 spiro atoms. The zero-order chi connectivity index (χ0) is 24.1. The van der Waals surface area contributed by atoms with Crippen molar-refractivity contribution in [2.45, 2.75) is 26.0 Å². The van der Waals surface area contributed by atoms with Gasteiger partial charge in [-0.1, -0.05) is 41.9 Å². The van der Waals surface area contributed by atoms with Crippen molar-refractivity contribution in [3.8, 4) is 0 Å². The second-order valence-corrected chi connectivity index (χ2v) is 9.82. The number of anilines is 2. The quantitative estimate of drug-likeness (QED) is 0.379. The maximum atomic E-state index is 13.8. The number of fused-ring (bicyclic) bond motifs is 1. The van der Waals surface area contributed by atoms with Gasteiger partial charge in [0, 0.05) is 9.90 Å². The highest BCUT2D eigenvalue weighted by Gasteiger charge is 2.61. The molecule has 0 saturated carbocycles. The molecule has 34 heavy (non-hydrogen) atoms. The van der Waals surface area contributed by atoms with Crippen LogP contribution < -0.4 is 9.96 Å². The zero-order valence-electron chi connectivity index (χ0n) is 18.7. The Bertz CT molecular complexity index is 1290. The van der Waals surface area contributed by atoms with Crippen LogP contribution in [0.1, 0.15) is 32.4 Å². The first-order valence-electron chi connectivity index (χ1n) is 10.7. The number of nitrogens with zero attached hydrogens (tertiary/aromatic N) is 2. The fourth-order valence-electron chi connectivity index (χ4n) is 4.52. The molecule has 0 N–H and O–H groups in total. The third kappa shape index (κ3) is 3.41. The van der Waals surface area contributed by atoms with Crippen LogP contribution in [0.15, 0.2) is 54.6 Å². The van der Waals surface area contributed by atoms with Crippen molar-refractivity contribution < 1.29 is 24.0 Å². The first kappa shape index (κ1) is 22.6. The molecule has 0 aliphatic carbocycles. The van der Waals surface area contributed by atoms with E-state index in [-0.39, 0.29) is 10.6 Å². The Labute approximate surface area is 205 Å². The summed E-state index contributed by atoms with van der Waals surface area (Å²) >= 11 is 7.28. The molecule has 0 radical (unpaired) electrons. The number of methoxy groups -OCH3 is 1. The normalized spacial score (nSPS) is 21.8. The van der Waals surface area contributed by atoms with Gasteiger partial charge in [0.25, 0.3) is 5.91 Å². The smallest absolute Gasteiger partial charge is 0.341 e. The standard InChI is InChI=1S/C25H21ClN2O5S/c1-13-14(2)34-24(18(13)25(31)32-3)27-22(29)19-20(15-7-5-4-6-8-15)28(33-21(19)23(27)30)17-11-9-16(26)10-12-17/h4-12,19-21H,1-3H3/t19-,20-,21+/m0/s1. The maximum absolute atomic E-state index is 13.8. The van der Waals surface area contributed by atoms with Crippen molar-refractivity contribution in [3.63, 3.8) is 0 Å². The minimum atomic E-state index is -1.03. The molecule has 0 bridgehead atoms. The molecule has 3 heterocycles. The summed E-state index contributed by atoms with van der Waals surface area (Å²) in [6.45, 7) is 3.62. The fraction of sp³-hybridized carbons (Fsp3) is 0.240. The van der Waals surface area contributed by atoms with Crippen LogP contribution in [0.2, 0.25) is 5.02 Å². The van der Waals surface area contributed by atoms with Crippen LogP contribution in [0.3, 0.4) is 0 Å². The number of aryl methyl sites for hydroxylation is 1. The average Bonchev–Trinajstić information content (AvgIpc) is 3.45. The van der Waals surface area contributed by atoms with Crippen molar-refractivity contribution in [2.24, 2.45) is 5.92 Å². The summed E-state index contributed by atoms with van der Waals surface area (Å²) in [6, 6.07) is 15.9. The van der Waals surface area contributed by atoms with Gasteiger partial charge in [0.05, 0.1) is 24.4 Å². The molecular formula is C25H21ClN2O5S. The highest BCUT2D eigenvalue weighted by atomic mass is 35.5. The van der Waals surface area contributed by atoms with Gasteiger partial charge >= 0.3 is 5.97 Å². The molecule has 9 heteroatoms. The molecule has 2 aromatic carbocycles. The lowest BCUT2D eigenvalue weighted by molar-refractivity contribution is -0.126. The Balaban J connectivity index is 1.60. The Hall–Kier alpha value is -3.20. The zero-order valence-corrected chi connectivity index (χ0v) is 20.2. The van der Waals surface area contributed by atoms with Crippen molar-refractivity contribution in [1.29, 1.82) is 0 Å². The van der Waals surface area contributed by atoms with Gasteiger partial charge in [-0.25, -0.2) is 14.8 Å². The van der Waals surface area contributed by atoms with Crippen LogP contribution in [0.4, 0.5) is 10.7 Å². The van der Waals surface area contributed by atoms with Crippen molar-refractivity contribution in [2.75, 3.05) is 17.1 Å². The van der Waals surface area contributed by atoms with Gasteiger partial charge in [0.2, 0.25) is 5.91 Å². The van der Waals surface area contributed by atoms with Crippen LogP contribution in [-0.4, -0.2) is 31.0 Å². The lowest BCUT2D eigenvalue weighted by Gasteiger charge is -2.28. The Morgan fingerprint density at radius 3 is 2.35 bits per heavy atom. The van der Waals surface area contributed by atoms with E-state index >= 15 is 0 Å². The molecule has 3 aromatic rings. The van der Waals surface area contributed by atoms with Crippen molar-refractivity contribution in [3.05, 3.63) is 81.2 Å². The number of hydrogen-bond acceptors (Lipinski definition) is 7. The van der Waals surface area contributed by atoms with Gasteiger partial charge < -0.3 is 4.74 Å². The van der Waals surface area contributed by atoms with Gasteiger partial charge in [0.15, 0.2) is 6.10 Å². The molecule has 2 amide bonds. The Kier molecular flexibility index (Phi) is 5.67. The van der Waals surface area contributed by atoms with Crippen LogP contribution in [-0.2, 0) is 19.2 Å². The summed E-state index contributed by atoms with van der Waals surface area (Å²) in [5.74, 6) is -2.29. The van der Waals surface area contributed by atoms with E-state index in [2.05, 4.69) is 0 Å². The summed E-state index contributed by atoms with van der Waals surface area (Å²) in [4.78, 5) is 48.0. The number of amides is 2. The maximum Gasteiger partial charge on any atom is 0.341 e. The molecule has 2 saturated heterocycles. The monoisotopic (exact) mass is 496 g/mol. The van der Waals surface area contributed by atoms with E-state index in [0.717, 1.165) is 15.3 Å². The number of carbonyl (C=O) groups is 3. The number of benzene rings is 2. The molecule has 2 aliphatic rings. The fourth-order valence-corrected chi connectivity index (χ4v) is 5.81. The summed E-state index contributed by atoms with van der Waals surface area (Å²) in [5.41, 5.74) is 2.43. The summed E-state index contributed by atoms with van der Waals surface area (Å²) in [7, 11) is 1.28. The number of hydrogen-bond donors (Lipinski definition) is 0. The Morgan fingerprint density at radius 2 is 1.71 bits per heavy atom. The Morgan fingerprint density at radius 1 is 1.03 bits per heavy atom. The van der Waals surface area contributed by atoms with Crippen LogP contribution in [0.5, 0.6) is 0 Å². The van der Waals surface area contributed by atoms with Gasteiger partial charge in [-0.2, -0.15) is 0 Å². The van der Waals surface area contributed by atoms with E-state index in [0.29, 0.717) is 16.3 Å². The van der Waals surface area contributed by atoms with E-state index < -0.39 is 35.8 Å². The number of hydroxylamine groups is 1. The molecule has 2 fully saturated rings. The minimum absolute atomic E-state index is 0.234. The highest BCUT2D eigenvalue weighted by molar-refractivity contribution is 7.17. The number of ether oxygens (including phenoxy) is 1. The second kappa shape index (κ2) is 8.54. The lowest BCUT2D eigenvalue weighted by Crippen LogP contribution is -2.37. The predicted molar refractivity (Wildman–Crippen MR) is 129 cm³/mol. The number of carbonyl (C=O) groups excluding carboxylic acids is 3. The van der Waals surface area contributed by atoms with E-state index in [1.807, 2.05) is 37.3 Å². The van der Waals surface area contributed by atoms with Crippen LogP contribution >= 0.6 is 22.9 Å². The lowest BCUT2D eigenvalue weighted by atomic mass is 9.90. The second-order valence-electron chi connectivity index (χ2n) is 8.18. The van der Waals surface area contributed by atoms with Gasteiger partial charge in [-0.3, -0.25) is 14.4 Å². The molecule has 5 rings (SSSR count). The molecule has 2 aliphatic heterocycles. The number of thiophene rings is 1. The van der Waals surface area contributed by atoms with E-state index in [9.17, 15) is 14.4 Å². The topological polar surface area (TPSA) is 76.2 Å². The van der Waals surface area contributed by atoms with Crippen molar-refractivity contribution >= 4 is 51.4 Å². The summed E-state index contributed by atoms with van der Waals surface area (Å²) in [5, 5.41) is 2.46. The molecule has 3 atom stereocenters. The van der Waals surface area contributed by atoms with Crippen LogP contribution in [0.25, 0.3) is 0 Å². The first-order chi connectivity index (χ1) is 16.3. The number of rotatable bonds is 4. The van der Waals surface area contributed by atoms with E-state index in [1.165, 1.54) is 18.4 Å². The molecule has 0 unspecified atom stereocenters. The number of esters is 1. The van der Waals surface area contributed by atoms with E-state index in [1.54, 1.807) is 36.3 Å². The molecular weight excluding hydrogens is 476 g/mol. The average molecular weight is 497 g/mol. The molecule has 174 valence electrons. The van der Waals surface area contributed by atoms with Gasteiger partial charge in [-0.15, -0.1) is 11.3 Å². The largest absolute Gasteiger partial charge is 0.465 e. The minimum Gasteiger partial charge on any atom is -0.465 e. The molecule has 1 aromatic heterocycles. The van der Waals surface area contributed by atoms with Gasteiger partial charge in [-0.05, 0) is 49.2 Å². The number of imide groups is 1. The van der Waals surface area contributed by atoms with E-state index in [4.69, 9.17) is 21.2 Å². The number of halogens is 1. The SMILES string of the molecule is COC(=O)c1c(N2C(=O)[C@@H]3[C@@H](ON(c4ccc(Cl)cc4)[C@H]3c3ccccc3)C2=O)sc(C)c1C. The summed E-state index contributed by atoms with van der Waals surface area (Å²) < 4.78 is 4.94. The third-order valence-corrected chi connectivity index (χ3v) is 7.74. The highest BCUT2D eigenvalue weighted by Crippen LogP contribution is 2.49. The van der Waals surface area contributed by atoms with Gasteiger partial charge in [0.1, 0.15) is 10.9 Å².